The zero-order valence-electron chi connectivity index (χ0n) is 42.7. The van der Waals surface area contributed by atoms with Crippen molar-refractivity contribution < 1.29 is 33.5 Å². The Morgan fingerprint density at radius 2 is 0.662 bits per heavy atom. The van der Waals surface area contributed by atoms with Gasteiger partial charge in [0.15, 0.2) is 0 Å². The monoisotopic (exact) mass is 933 g/mol. The molecule has 1 N–H and O–H groups in total. The van der Waals surface area contributed by atoms with Gasteiger partial charge in [0.05, 0.1) is 13.2 Å². The third kappa shape index (κ3) is 18.4. The average Bonchev–Trinajstić information content (AvgIpc) is 4.33. The van der Waals surface area contributed by atoms with Gasteiger partial charge in [-0.3, -0.25) is 0 Å². The summed E-state index contributed by atoms with van der Waals surface area (Å²) in [6.07, 6.45) is 28.2. The van der Waals surface area contributed by atoms with E-state index in [1.807, 2.05) is 24.3 Å². The van der Waals surface area contributed by atoms with Gasteiger partial charge in [-0.25, -0.2) is 0 Å². The van der Waals surface area contributed by atoms with Gasteiger partial charge in [-0.2, -0.15) is 0 Å². The van der Waals surface area contributed by atoms with Crippen LogP contribution in [0.15, 0.2) is 97.1 Å². The molecule has 68 heavy (non-hydrogen) atoms. The highest BCUT2D eigenvalue weighted by Crippen LogP contribution is 2.40. The highest BCUT2D eigenvalue weighted by Gasteiger charge is 2.31. The maximum absolute atomic E-state index is 11.0. The Labute approximate surface area is 412 Å². The molecule has 6 rings (SSSR count). The highest BCUT2D eigenvalue weighted by molar-refractivity contribution is 5.44. The Morgan fingerprint density at radius 1 is 0.412 bits per heavy atom. The quantitative estimate of drug-likeness (QED) is 0.0354. The molecule has 2 saturated heterocycles. The molecule has 0 aliphatic carbocycles. The van der Waals surface area contributed by atoms with Crippen molar-refractivity contribution in [3.05, 3.63) is 119 Å². The molecule has 0 aromatic heterocycles. The van der Waals surface area contributed by atoms with E-state index in [0.717, 1.165) is 49.1 Å². The molecule has 374 valence electrons. The van der Waals surface area contributed by atoms with E-state index in [-0.39, 0.29) is 36.3 Å². The summed E-state index contributed by atoms with van der Waals surface area (Å²) in [5.74, 6) is 3.25. The van der Waals surface area contributed by atoms with Crippen LogP contribution in [0.5, 0.6) is 23.0 Å². The van der Waals surface area contributed by atoms with E-state index in [1.165, 1.54) is 151 Å². The third-order valence-corrected chi connectivity index (χ3v) is 14.6. The van der Waals surface area contributed by atoms with E-state index in [2.05, 4.69) is 100 Å². The molecule has 0 bridgehead atoms. The molecule has 4 aromatic carbocycles. The third-order valence-electron chi connectivity index (χ3n) is 14.6. The summed E-state index contributed by atoms with van der Waals surface area (Å²) < 4.78 is 34.9. The number of hydrogen-bond acceptors (Lipinski definition) is 7. The molecule has 2 fully saturated rings. The standard InChI is InChI=1S/C61H88O7/c1-5-7-9-11-13-15-17-19-21-23-41-60(3,51-29-37-56(38-30-51)65-45-58-47-67-58)49-25-33-54(34-26-49)63-43-53(62)44-64-55-35-27-50(28-36-55)61(4,42-24-22-20-18-16-14-12-10-8-6-2)52-31-39-57(40-32-52)66-46-59-48-68-59/h25-40,53,58-59,62H,5-24,41-48H2,1-4H3. The second-order valence-electron chi connectivity index (χ2n) is 20.4. The molecule has 4 atom stereocenters. The molecule has 2 heterocycles. The largest absolute Gasteiger partial charge is 0.491 e. The first kappa shape index (κ1) is 53.3. The van der Waals surface area contributed by atoms with Crippen molar-refractivity contribution in [2.45, 2.75) is 198 Å². The van der Waals surface area contributed by atoms with E-state index in [1.54, 1.807) is 0 Å². The van der Waals surface area contributed by atoms with Gasteiger partial charge >= 0.3 is 0 Å². The van der Waals surface area contributed by atoms with Crippen LogP contribution >= 0.6 is 0 Å². The van der Waals surface area contributed by atoms with Gasteiger partial charge in [-0.1, -0.05) is 205 Å². The summed E-state index contributed by atoms with van der Waals surface area (Å²) in [5, 5.41) is 11.0. The Balaban J connectivity index is 0.990. The molecule has 0 saturated carbocycles. The lowest BCUT2D eigenvalue weighted by molar-refractivity contribution is 0.0626. The molecule has 0 spiro atoms. The number of ether oxygens (including phenoxy) is 6. The number of aliphatic hydroxyl groups is 1. The molecular formula is C61H88O7. The van der Waals surface area contributed by atoms with E-state index in [0.29, 0.717) is 13.2 Å². The predicted octanol–water partition coefficient (Wildman–Crippen LogP) is 15.3. The van der Waals surface area contributed by atoms with Crippen molar-refractivity contribution in [3.63, 3.8) is 0 Å². The van der Waals surface area contributed by atoms with Gasteiger partial charge in [0, 0.05) is 10.8 Å². The second kappa shape index (κ2) is 29.2. The number of epoxide rings is 2. The van der Waals surface area contributed by atoms with Crippen LogP contribution < -0.4 is 18.9 Å². The van der Waals surface area contributed by atoms with Crippen LogP contribution in [0.2, 0.25) is 0 Å². The minimum Gasteiger partial charge on any atom is -0.491 e. The minimum absolute atomic E-state index is 0.144. The number of aliphatic hydroxyl groups excluding tert-OH is 1. The highest BCUT2D eigenvalue weighted by atomic mass is 16.6. The van der Waals surface area contributed by atoms with Crippen molar-refractivity contribution in [1.29, 1.82) is 0 Å². The van der Waals surface area contributed by atoms with Gasteiger partial charge in [0.25, 0.3) is 0 Å². The molecular weight excluding hydrogens is 845 g/mol. The van der Waals surface area contributed by atoms with E-state index in [9.17, 15) is 5.11 Å². The van der Waals surface area contributed by atoms with Crippen molar-refractivity contribution in [2.75, 3.05) is 39.6 Å². The summed E-state index contributed by atoms with van der Waals surface area (Å²) in [6, 6.07) is 34.3. The van der Waals surface area contributed by atoms with Crippen LogP contribution in [0.25, 0.3) is 0 Å². The second-order valence-corrected chi connectivity index (χ2v) is 20.4. The molecule has 0 radical (unpaired) electrons. The molecule has 4 unspecified atom stereocenters. The van der Waals surface area contributed by atoms with E-state index < -0.39 is 6.10 Å². The van der Waals surface area contributed by atoms with Crippen LogP contribution in [0.1, 0.15) is 191 Å². The van der Waals surface area contributed by atoms with Crippen LogP contribution in [-0.4, -0.2) is 63.1 Å². The average molecular weight is 933 g/mol. The van der Waals surface area contributed by atoms with Crippen molar-refractivity contribution in [3.8, 4) is 23.0 Å². The van der Waals surface area contributed by atoms with Crippen molar-refractivity contribution >= 4 is 0 Å². The summed E-state index contributed by atoms with van der Waals surface area (Å²) >= 11 is 0. The van der Waals surface area contributed by atoms with Crippen LogP contribution in [0.4, 0.5) is 0 Å². The first-order valence-corrected chi connectivity index (χ1v) is 27.1. The number of unbranched alkanes of at least 4 members (excludes halogenated alkanes) is 18. The molecule has 4 aromatic rings. The molecule has 7 heteroatoms. The summed E-state index contributed by atoms with van der Waals surface area (Å²) in [7, 11) is 0. The van der Waals surface area contributed by atoms with Gasteiger partial charge in [0.1, 0.15) is 67.7 Å². The van der Waals surface area contributed by atoms with Crippen molar-refractivity contribution in [2.24, 2.45) is 0 Å². The topological polar surface area (TPSA) is 82.2 Å². The lowest BCUT2D eigenvalue weighted by Crippen LogP contribution is -2.26. The molecule has 2 aliphatic rings. The van der Waals surface area contributed by atoms with Crippen LogP contribution in [0.3, 0.4) is 0 Å². The fourth-order valence-electron chi connectivity index (χ4n) is 9.66. The number of rotatable bonds is 38. The Morgan fingerprint density at radius 3 is 0.926 bits per heavy atom. The summed E-state index contributed by atoms with van der Waals surface area (Å²) in [4.78, 5) is 0. The Hall–Kier alpha value is -4.04. The van der Waals surface area contributed by atoms with Crippen LogP contribution in [-0.2, 0) is 20.3 Å². The van der Waals surface area contributed by atoms with E-state index >= 15 is 0 Å². The smallest absolute Gasteiger partial charge is 0.122 e. The van der Waals surface area contributed by atoms with Gasteiger partial charge in [-0.15, -0.1) is 0 Å². The molecule has 7 nitrogen and oxygen atoms in total. The van der Waals surface area contributed by atoms with Crippen LogP contribution in [0, 0.1) is 0 Å². The fraction of sp³-hybridized carbons (Fsp3) is 0.607. The van der Waals surface area contributed by atoms with Gasteiger partial charge in [-0.05, 0) is 83.6 Å². The first-order valence-electron chi connectivity index (χ1n) is 27.1. The zero-order chi connectivity index (χ0) is 47.7. The Kier molecular flexibility index (Phi) is 22.9. The number of benzene rings is 4. The maximum atomic E-state index is 11.0. The molecule has 0 amide bonds. The van der Waals surface area contributed by atoms with Gasteiger partial charge < -0.3 is 33.5 Å². The van der Waals surface area contributed by atoms with Gasteiger partial charge in [0.2, 0.25) is 0 Å². The fourth-order valence-corrected chi connectivity index (χ4v) is 9.66. The molecule has 2 aliphatic heterocycles. The summed E-state index contributed by atoms with van der Waals surface area (Å²) in [6.45, 7) is 12.4. The lowest BCUT2D eigenvalue weighted by Gasteiger charge is -2.32. The SMILES string of the molecule is CCCCCCCCCCCCC(C)(c1ccc(OCC(O)COc2ccc(C(C)(CCCCCCCCCCCC)c3ccc(OCC4CO4)cc3)cc2)cc1)c1ccc(OCC2CO2)cc1. The lowest BCUT2D eigenvalue weighted by atomic mass is 9.72. The minimum atomic E-state index is -0.781. The normalized spacial score (nSPS) is 17.5. The van der Waals surface area contributed by atoms with E-state index in [4.69, 9.17) is 28.4 Å². The Bertz CT molecular complexity index is 1780. The maximum Gasteiger partial charge on any atom is 0.122 e. The predicted molar refractivity (Wildman–Crippen MR) is 279 cm³/mol. The first-order chi connectivity index (χ1) is 33.3. The summed E-state index contributed by atoms with van der Waals surface area (Å²) in [5.41, 5.74) is 4.78. The van der Waals surface area contributed by atoms with Crippen molar-refractivity contribution in [1.82, 2.24) is 0 Å². The number of hydrogen-bond donors (Lipinski definition) is 1. The zero-order valence-corrected chi connectivity index (χ0v) is 42.7.